The van der Waals surface area contributed by atoms with Gasteiger partial charge in [0.1, 0.15) is 12.0 Å². The molecule has 3 aromatic rings. The molecule has 9 nitrogen and oxygen atoms in total. The first-order chi connectivity index (χ1) is 18.8. The maximum atomic E-state index is 12.9. The van der Waals surface area contributed by atoms with Gasteiger partial charge in [0.15, 0.2) is 12.3 Å². The lowest BCUT2D eigenvalue weighted by atomic mass is 9.87. The Labute approximate surface area is 228 Å². The number of ether oxygens (including phenoxy) is 1. The molecule has 0 N–H and O–H groups in total. The quantitative estimate of drug-likeness (QED) is 0.482. The fourth-order valence-electron chi connectivity index (χ4n) is 5.27. The van der Waals surface area contributed by atoms with Gasteiger partial charge in [0.05, 0.1) is 6.04 Å². The SMILES string of the molecule is CCC(=O)N1CCc2ccc(OCc3nc(C(=O)N4CCN(C(C)=O)CC4)co3)cc2C1c1ccc(C)cc1. The second-order valence-electron chi connectivity index (χ2n) is 10.1. The molecule has 1 aromatic heterocycles. The number of hydrogen-bond donors (Lipinski definition) is 0. The Kier molecular flexibility index (Phi) is 7.67. The zero-order valence-corrected chi connectivity index (χ0v) is 22.7. The van der Waals surface area contributed by atoms with E-state index in [2.05, 4.69) is 42.2 Å². The molecular formula is C30H34N4O5. The molecule has 2 aliphatic rings. The first-order valence-corrected chi connectivity index (χ1v) is 13.4. The van der Waals surface area contributed by atoms with E-state index in [1.807, 2.05) is 24.0 Å². The highest BCUT2D eigenvalue weighted by Crippen LogP contribution is 2.37. The average Bonchev–Trinajstić information content (AvgIpc) is 3.44. The van der Waals surface area contributed by atoms with Crippen LogP contribution in [0.1, 0.15) is 64.9 Å². The largest absolute Gasteiger partial charge is 0.484 e. The molecule has 2 aliphatic heterocycles. The van der Waals surface area contributed by atoms with Gasteiger partial charge < -0.3 is 23.9 Å². The molecule has 1 fully saturated rings. The third kappa shape index (κ3) is 5.67. The minimum Gasteiger partial charge on any atom is -0.484 e. The number of amides is 3. The molecule has 39 heavy (non-hydrogen) atoms. The highest BCUT2D eigenvalue weighted by Gasteiger charge is 2.32. The molecule has 1 saturated heterocycles. The van der Waals surface area contributed by atoms with Crippen LogP contribution in [0.2, 0.25) is 0 Å². The van der Waals surface area contributed by atoms with Crippen LogP contribution >= 0.6 is 0 Å². The maximum Gasteiger partial charge on any atom is 0.275 e. The number of carbonyl (C=O) groups is 3. The van der Waals surface area contributed by atoms with E-state index >= 15 is 0 Å². The summed E-state index contributed by atoms with van der Waals surface area (Å²) in [6.45, 7) is 8.18. The van der Waals surface area contributed by atoms with Crippen LogP contribution in [0.5, 0.6) is 5.75 Å². The number of rotatable bonds is 6. The molecular weight excluding hydrogens is 496 g/mol. The summed E-state index contributed by atoms with van der Waals surface area (Å²) in [4.78, 5) is 47.0. The smallest absolute Gasteiger partial charge is 0.275 e. The first kappa shape index (κ1) is 26.5. The number of nitrogens with zero attached hydrogens (tertiary/aromatic N) is 4. The Morgan fingerprint density at radius 3 is 2.41 bits per heavy atom. The molecule has 1 unspecified atom stereocenters. The van der Waals surface area contributed by atoms with Crippen LogP contribution in [-0.4, -0.2) is 70.1 Å². The topological polar surface area (TPSA) is 96.2 Å². The number of aryl methyl sites for hydroxylation is 1. The summed E-state index contributed by atoms with van der Waals surface area (Å²) in [5.74, 6) is 0.861. The molecule has 2 aromatic carbocycles. The molecule has 0 radical (unpaired) electrons. The monoisotopic (exact) mass is 530 g/mol. The Hall–Kier alpha value is -4.14. The van der Waals surface area contributed by atoms with Crippen molar-refractivity contribution in [1.29, 1.82) is 0 Å². The number of aromatic nitrogens is 1. The molecule has 204 valence electrons. The van der Waals surface area contributed by atoms with Crippen molar-refractivity contribution in [1.82, 2.24) is 19.7 Å². The van der Waals surface area contributed by atoms with Gasteiger partial charge in [-0.25, -0.2) is 4.98 Å². The zero-order valence-electron chi connectivity index (χ0n) is 22.7. The Balaban J connectivity index is 1.29. The molecule has 0 bridgehead atoms. The maximum absolute atomic E-state index is 12.9. The average molecular weight is 531 g/mol. The molecule has 9 heteroatoms. The number of benzene rings is 2. The molecule has 5 rings (SSSR count). The summed E-state index contributed by atoms with van der Waals surface area (Å²) >= 11 is 0. The van der Waals surface area contributed by atoms with E-state index in [1.54, 1.807) is 9.80 Å². The van der Waals surface area contributed by atoms with Crippen molar-refractivity contribution in [3.05, 3.63) is 82.6 Å². The summed E-state index contributed by atoms with van der Waals surface area (Å²) in [7, 11) is 0. The normalized spacial score (nSPS) is 17.1. The van der Waals surface area contributed by atoms with E-state index in [4.69, 9.17) is 9.15 Å². The van der Waals surface area contributed by atoms with E-state index in [9.17, 15) is 14.4 Å². The van der Waals surface area contributed by atoms with Crippen LogP contribution in [-0.2, 0) is 22.6 Å². The number of fused-ring (bicyclic) bond motifs is 1. The zero-order chi connectivity index (χ0) is 27.5. The first-order valence-electron chi connectivity index (χ1n) is 13.4. The molecule has 0 aliphatic carbocycles. The predicted molar refractivity (Wildman–Crippen MR) is 144 cm³/mol. The van der Waals surface area contributed by atoms with E-state index in [0.717, 1.165) is 17.5 Å². The van der Waals surface area contributed by atoms with Gasteiger partial charge in [-0.05, 0) is 42.2 Å². The van der Waals surface area contributed by atoms with Gasteiger partial charge in [-0.3, -0.25) is 14.4 Å². The molecule has 0 saturated carbocycles. The highest BCUT2D eigenvalue weighted by molar-refractivity contribution is 5.92. The van der Waals surface area contributed by atoms with Crippen molar-refractivity contribution in [2.24, 2.45) is 0 Å². The van der Waals surface area contributed by atoms with Crippen LogP contribution in [0.25, 0.3) is 0 Å². The van der Waals surface area contributed by atoms with Gasteiger partial charge in [-0.1, -0.05) is 42.8 Å². The minimum atomic E-state index is -0.219. The van der Waals surface area contributed by atoms with Crippen molar-refractivity contribution in [3.63, 3.8) is 0 Å². The van der Waals surface area contributed by atoms with Crippen LogP contribution in [0, 0.1) is 6.92 Å². The number of carbonyl (C=O) groups excluding carboxylic acids is 3. The van der Waals surface area contributed by atoms with Gasteiger partial charge in [-0.15, -0.1) is 0 Å². The van der Waals surface area contributed by atoms with Gasteiger partial charge in [0.2, 0.25) is 17.7 Å². The van der Waals surface area contributed by atoms with Crippen molar-refractivity contribution < 1.29 is 23.5 Å². The lowest BCUT2D eigenvalue weighted by Crippen LogP contribution is -2.50. The minimum absolute atomic E-state index is 0.0139. The second-order valence-corrected chi connectivity index (χ2v) is 10.1. The Morgan fingerprint density at radius 1 is 1.00 bits per heavy atom. The third-order valence-electron chi connectivity index (χ3n) is 7.51. The van der Waals surface area contributed by atoms with Crippen LogP contribution in [0.15, 0.2) is 53.1 Å². The molecule has 1 atom stereocenters. The third-order valence-corrected chi connectivity index (χ3v) is 7.51. The number of piperazine rings is 1. The lowest BCUT2D eigenvalue weighted by Gasteiger charge is -2.38. The van der Waals surface area contributed by atoms with Gasteiger partial charge in [0, 0.05) is 46.1 Å². The lowest BCUT2D eigenvalue weighted by molar-refractivity contribution is -0.133. The Morgan fingerprint density at radius 2 is 1.72 bits per heavy atom. The predicted octanol–water partition coefficient (Wildman–Crippen LogP) is 3.75. The molecule has 0 spiro atoms. The van der Waals surface area contributed by atoms with Gasteiger partial charge in [-0.2, -0.15) is 0 Å². The molecule has 3 heterocycles. The van der Waals surface area contributed by atoms with E-state index in [0.29, 0.717) is 50.8 Å². The Bertz CT molecular complexity index is 1360. The van der Waals surface area contributed by atoms with Crippen molar-refractivity contribution in [2.75, 3.05) is 32.7 Å². The van der Waals surface area contributed by atoms with E-state index < -0.39 is 0 Å². The van der Waals surface area contributed by atoms with Crippen LogP contribution in [0.4, 0.5) is 0 Å². The summed E-state index contributed by atoms with van der Waals surface area (Å²) in [6.07, 6.45) is 2.59. The van der Waals surface area contributed by atoms with Crippen LogP contribution < -0.4 is 4.74 Å². The number of hydrogen-bond acceptors (Lipinski definition) is 6. The van der Waals surface area contributed by atoms with Gasteiger partial charge in [0.25, 0.3) is 5.91 Å². The van der Waals surface area contributed by atoms with Gasteiger partial charge >= 0.3 is 0 Å². The van der Waals surface area contributed by atoms with E-state index in [1.165, 1.54) is 24.3 Å². The standard InChI is InChI=1S/C30H34N4O5/c1-4-28(36)34-12-11-22-9-10-24(17-25(22)29(34)23-7-5-20(2)6-8-23)38-19-27-31-26(18-39-27)30(37)33-15-13-32(14-16-33)21(3)35/h5-10,17-18,29H,4,11-16,19H2,1-3H3. The van der Waals surface area contributed by atoms with E-state index in [-0.39, 0.29) is 36.1 Å². The fourth-order valence-corrected chi connectivity index (χ4v) is 5.27. The van der Waals surface area contributed by atoms with Crippen LogP contribution in [0.3, 0.4) is 0 Å². The van der Waals surface area contributed by atoms with Crippen molar-refractivity contribution in [3.8, 4) is 5.75 Å². The van der Waals surface area contributed by atoms with Crippen molar-refractivity contribution >= 4 is 17.7 Å². The highest BCUT2D eigenvalue weighted by atomic mass is 16.5. The second kappa shape index (κ2) is 11.3. The van der Waals surface area contributed by atoms with Crippen molar-refractivity contribution in [2.45, 2.75) is 46.3 Å². The summed E-state index contributed by atoms with van der Waals surface area (Å²) in [5.41, 5.74) is 4.71. The summed E-state index contributed by atoms with van der Waals surface area (Å²) in [5, 5.41) is 0. The summed E-state index contributed by atoms with van der Waals surface area (Å²) in [6, 6.07) is 14.1. The fraction of sp³-hybridized carbons (Fsp3) is 0.400. The molecule has 3 amide bonds. The summed E-state index contributed by atoms with van der Waals surface area (Å²) < 4.78 is 11.6. The number of oxazole rings is 1.